The van der Waals surface area contributed by atoms with Gasteiger partial charge < -0.3 is 39.4 Å². The Bertz CT molecular complexity index is 1120. The van der Waals surface area contributed by atoms with Gasteiger partial charge in [0.15, 0.2) is 5.78 Å². The Balaban J connectivity index is 1.66. The van der Waals surface area contributed by atoms with Crippen LogP contribution < -0.4 is 9.47 Å². The number of benzene rings is 2. The second kappa shape index (κ2) is 9.82. The van der Waals surface area contributed by atoms with Crippen LogP contribution >= 0.6 is 0 Å². The van der Waals surface area contributed by atoms with Gasteiger partial charge in [-0.25, -0.2) is 0 Å². The first kappa shape index (κ1) is 24.9. The lowest BCUT2D eigenvalue weighted by atomic mass is 9.91. The van der Waals surface area contributed by atoms with Crippen molar-refractivity contribution >= 4 is 11.8 Å². The number of carbonyl (C=O) groups excluding carboxylic acids is 2. The molecule has 0 spiro atoms. The number of phenolic OH excluding ortho intramolecular Hbond substituents is 1. The summed E-state index contributed by atoms with van der Waals surface area (Å²) in [5, 5.41) is 41.8. The molecule has 1 fully saturated rings. The van der Waals surface area contributed by atoms with Crippen molar-refractivity contribution in [1.29, 1.82) is 0 Å². The van der Waals surface area contributed by atoms with Gasteiger partial charge in [0.25, 0.3) is 0 Å². The van der Waals surface area contributed by atoms with Crippen molar-refractivity contribution in [1.82, 2.24) is 0 Å². The van der Waals surface area contributed by atoms with Crippen molar-refractivity contribution in [2.75, 3.05) is 6.61 Å². The number of esters is 1. The number of rotatable bonds is 5. The largest absolute Gasteiger partial charge is 0.507 e. The molecule has 10 nitrogen and oxygen atoms in total. The van der Waals surface area contributed by atoms with Crippen LogP contribution in [0.4, 0.5) is 0 Å². The fraction of sp³-hybridized carbons (Fsp3) is 0.440. The standard InChI is InChI=1S/C25H28O10/c1-11-19(28)18-15(27)9-16(14-7-5-4-6-8-14)33-24(18)12(2)23(11)35-25-22(31)21(30)20(29)17(34-25)10-32-13(3)26/h4-8,16-17,20-22,25,28-31H,9-10H2,1-3H3/t16-,17+,20+,21-,22+,25-/m0/s1. The average Bonchev–Trinajstić information content (AvgIpc) is 2.84. The maximum atomic E-state index is 12.9. The number of ether oxygens (including phenoxy) is 4. The van der Waals surface area contributed by atoms with Crippen LogP contribution in [0.1, 0.15) is 46.5 Å². The van der Waals surface area contributed by atoms with E-state index in [0.29, 0.717) is 5.56 Å². The van der Waals surface area contributed by atoms with E-state index >= 15 is 0 Å². The van der Waals surface area contributed by atoms with Crippen LogP contribution in [0.3, 0.4) is 0 Å². The van der Waals surface area contributed by atoms with Gasteiger partial charge in [0.05, 0.1) is 6.42 Å². The Morgan fingerprint density at radius 2 is 1.74 bits per heavy atom. The predicted octanol–water partition coefficient (Wildman–Crippen LogP) is 1.47. The minimum absolute atomic E-state index is 0.0489. The zero-order valence-corrected chi connectivity index (χ0v) is 19.5. The van der Waals surface area contributed by atoms with Gasteiger partial charge in [-0.15, -0.1) is 0 Å². The van der Waals surface area contributed by atoms with Crippen molar-refractivity contribution < 1.29 is 49.0 Å². The molecular formula is C25H28O10. The second-order valence-electron chi connectivity index (χ2n) is 8.71. The van der Waals surface area contributed by atoms with Crippen LogP contribution in [0.2, 0.25) is 0 Å². The van der Waals surface area contributed by atoms with Gasteiger partial charge >= 0.3 is 5.97 Å². The topological polar surface area (TPSA) is 152 Å². The third kappa shape index (κ3) is 4.70. The number of aromatic hydroxyl groups is 1. The molecule has 0 aliphatic carbocycles. The van der Waals surface area contributed by atoms with Crippen LogP contribution in [0, 0.1) is 13.8 Å². The van der Waals surface area contributed by atoms with Crippen LogP contribution in [0.15, 0.2) is 30.3 Å². The molecular weight excluding hydrogens is 460 g/mol. The number of aliphatic hydroxyl groups excluding tert-OH is 3. The maximum Gasteiger partial charge on any atom is 0.302 e. The first-order chi connectivity index (χ1) is 16.6. The van der Waals surface area contributed by atoms with E-state index < -0.39 is 42.8 Å². The highest BCUT2D eigenvalue weighted by atomic mass is 16.7. The molecule has 4 N–H and O–H groups in total. The van der Waals surface area contributed by atoms with Gasteiger partial charge in [0, 0.05) is 18.1 Å². The summed E-state index contributed by atoms with van der Waals surface area (Å²) in [5.74, 6) is -0.985. The summed E-state index contributed by atoms with van der Waals surface area (Å²) >= 11 is 0. The molecule has 35 heavy (non-hydrogen) atoms. The minimum Gasteiger partial charge on any atom is -0.507 e. The number of carbonyl (C=O) groups is 2. The predicted molar refractivity (Wildman–Crippen MR) is 120 cm³/mol. The van der Waals surface area contributed by atoms with Crippen molar-refractivity contribution in [3.8, 4) is 17.2 Å². The summed E-state index contributed by atoms with van der Waals surface area (Å²) in [6.07, 6.45) is -8.00. The number of Topliss-reactive ketones (excluding diaryl/α,β-unsaturated/α-hetero) is 1. The number of ketones is 1. The van der Waals surface area contributed by atoms with E-state index in [2.05, 4.69) is 0 Å². The van der Waals surface area contributed by atoms with E-state index in [-0.39, 0.29) is 47.2 Å². The van der Waals surface area contributed by atoms with E-state index in [0.717, 1.165) is 5.56 Å². The second-order valence-corrected chi connectivity index (χ2v) is 8.71. The summed E-state index contributed by atoms with van der Waals surface area (Å²) in [4.78, 5) is 24.1. The summed E-state index contributed by atoms with van der Waals surface area (Å²) in [6, 6.07) is 9.20. The first-order valence-corrected chi connectivity index (χ1v) is 11.2. The number of hydrogen-bond donors (Lipinski definition) is 4. The number of fused-ring (bicyclic) bond motifs is 1. The van der Waals surface area contributed by atoms with Crippen molar-refractivity contribution in [2.45, 2.75) is 64.0 Å². The molecule has 0 unspecified atom stereocenters. The Morgan fingerprint density at radius 3 is 2.40 bits per heavy atom. The highest BCUT2D eigenvalue weighted by Crippen LogP contribution is 2.48. The van der Waals surface area contributed by atoms with Crippen molar-refractivity contribution in [2.24, 2.45) is 0 Å². The Hall–Kier alpha value is -3.18. The fourth-order valence-corrected chi connectivity index (χ4v) is 4.33. The van der Waals surface area contributed by atoms with E-state index in [1.807, 2.05) is 30.3 Å². The molecule has 0 bridgehead atoms. The molecule has 2 aromatic carbocycles. The summed E-state index contributed by atoms with van der Waals surface area (Å²) in [7, 11) is 0. The van der Waals surface area contributed by atoms with Gasteiger partial charge in [0.2, 0.25) is 6.29 Å². The highest BCUT2D eigenvalue weighted by Gasteiger charge is 2.46. The summed E-state index contributed by atoms with van der Waals surface area (Å²) in [5.41, 5.74) is 1.44. The van der Waals surface area contributed by atoms with E-state index in [9.17, 15) is 30.0 Å². The zero-order chi connectivity index (χ0) is 25.4. The molecule has 0 amide bonds. The maximum absolute atomic E-state index is 12.9. The van der Waals surface area contributed by atoms with Gasteiger partial charge in [0.1, 0.15) is 59.9 Å². The SMILES string of the molecule is CC(=O)OC[C@H]1O[C@@H](Oc2c(C)c(O)c3c(c2C)O[C@H](c2ccccc2)CC3=O)[C@H](O)[C@@H](O)[C@@H]1O. The summed E-state index contributed by atoms with van der Waals surface area (Å²) < 4.78 is 22.5. The minimum atomic E-state index is -1.66. The molecule has 2 heterocycles. The number of phenols is 1. The van der Waals surface area contributed by atoms with Gasteiger partial charge in [-0.3, -0.25) is 9.59 Å². The third-order valence-corrected chi connectivity index (χ3v) is 6.28. The lowest BCUT2D eigenvalue weighted by Crippen LogP contribution is -2.60. The van der Waals surface area contributed by atoms with E-state index in [4.69, 9.17) is 18.9 Å². The highest BCUT2D eigenvalue weighted by molar-refractivity contribution is 6.03. The molecule has 0 radical (unpaired) electrons. The van der Waals surface area contributed by atoms with E-state index in [1.54, 1.807) is 6.92 Å². The summed E-state index contributed by atoms with van der Waals surface area (Å²) in [6.45, 7) is 3.98. The molecule has 2 aliphatic rings. The van der Waals surface area contributed by atoms with Gasteiger partial charge in [-0.05, 0) is 19.4 Å². The molecule has 188 valence electrons. The molecule has 6 atom stereocenters. The molecule has 2 aromatic rings. The third-order valence-electron chi connectivity index (χ3n) is 6.28. The number of hydrogen-bond acceptors (Lipinski definition) is 10. The van der Waals surface area contributed by atoms with E-state index in [1.165, 1.54) is 13.8 Å². The van der Waals surface area contributed by atoms with Crippen LogP contribution in [0.5, 0.6) is 17.2 Å². The molecule has 0 aromatic heterocycles. The lowest BCUT2D eigenvalue weighted by molar-refractivity contribution is -0.278. The molecule has 1 saturated heterocycles. The number of aliphatic hydroxyl groups is 3. The zero-order valence-electron chi connectivity index (χ0n) is 19.5. The normalized spacial score (nSPS) is 28.1. The van der Waals surface area contributed by atoms with Gasteiger partial charge in [-0.2, -0.15) is 0 Å². The van der Waals surface area contributed by atoms with Crippen LogP contribution in [-0.4, -0.2) is 69.5 Å². The molecule has 10 heteroatoms. The van der Waals surface area contributed by atoms with Crippen LogP contribution in [-0.2, 0) is 14.3 Å². The monoisotopic (exact) mass is 488 g/mol. The Kier molecular flexibility index (Phi) is 7.00. The van der Waals surface area contributed by atoms with Crippen molar-refractivity contribution in [3.05, 3.63) is 52.6 Å². The first-order valence-electron chi connectivity index (χ1n) is 11.2. The lowest BCUT2D eigenvalue weighted by Gasteiger charge is -2.40. The molecule has 2 aliphatic heterocycles. The van der Waals surface area contributed by atoms with Crippen LogP contribution in [0.25, 0.3) is 0 Å². The molecule has 4 rings (SSSR count). The quantitative estimate of drug-likeness (QED) is 0.455. The van der Waals surface area contributed by atoms with Gasteiger partial charge in [-0.1, -0.05) is 30.3 Å². The molecule has 0 saturated carbocycles. The average molecular weight is 488 g/mol. The fourth-order valence-electron chi connectivity index (χ4n) is 4.33. The Labute approximate surface area is 201 Å². The van der Waals surface area contributed by atoms with Crippen molar-refractivity contribution in [3.63, 3.8) is 0 Å². The smallest absolute Gasteiger partial charge is 0.302 e. The Morgan fingerprint density at radius 1 is 1.06 bits per heavy atom.